The highest BCUT2D eigenvalue weighted by molar-refractivity contribution is 7.11. The molecule has 1 aromatic heterocycles. The number of rotatable bonds is 5. The Morgan fingerprint density at radius 2 is 2.13 bits per heavy atom. The summed E-state index contributed by atoms with van der Waals surface area (Å²) in [6, 6.07) is 0. The van der Waals surface area contributed by atoms with Gasteiger partial charge in [0, 0.05) is 6.54 Å². The van der Waals surface area contributed by atoms with Crippen molar-refractivity contribution in [1.29, 1.82) is 0 Å². The molecule has 0 saturated carbocycles. The first kappa shape index (κ1) is 12.1. The van der Waals surface area contributed by atoms with Gasteiger partial charge in [-0.05, 0) is 23.4 Å². The van der Waals surface area contributed by atoms with Gasteiger partial charge in [0.25, 0.3) is 0 Å². The maximum Gasteiger partial charge on any atom is 0.197 e. The molecule has 5 heteroatoms. The van der Waals surface area contributed by atoms with Crippen LogP contribution in [0.3, 0.4) is 0 Å². The number of aromatic nitrogens is 1. The highest BCUT2D eigenvalue weighted by Gasteiger charge is 2.13. The first-order valence-corrected chi connectivity index (χ1v) is 5.86. The lowest BCUT2D eigenvalue weighted by Crippen LogP contribution is -2.15. The summed E-state index contributed by atoms with van der Waals surface area (Å²) in [6.45, 7) is 7.55. The van der Waals surface area contributed by atoms with Crippen LogP contribution in [0.5, 0.6) is 5.75 Å². The van der Waals surface area contributed by atoms with E-state index in [9.17, 15) is 0 Å². The van der Waals surface area contributed by atoms with E-state index in [1.807, 2.05) is 0 Å². The van der Waals surface area contributed by atoms with Gasteiger partial charge in [-0.2, -0.15) is 4.37 Å². The molecule has 15 heavy (non-hydrogen) atoms. The van der Waals surface area contributed by atoms with Crippen LogP contribution in [0, 0.1) is 11.8 Å². The number of nitrogens with two attached hydrogens (primary N) is 1. The van der Waals surface area contributed by atoms with Crippen LogP contribution in [0.2, 0.25) is 0 Å². The Morgan fingerprint density at radius 3 is 2.67 bits per heavy atom. The largest absolute Gasteiger partial charge is 0.490 e. The third kappa shape index (κ3) is 2.99. The van der Waals surface area contributed by atoms with Crippen molar-refractivity contribution in [2.45, 2.75) is 20.8 Å². The lowest BCUT2D eigenvalue weighted by Gasteiger charge is -2.16. The lowest BCUT2D eigenvalue weighted by molar-refractivity contribution is 0.416. The Kier molecular flexibility index (Phi) is 4.20. The minimum Gasteiger partial charge on any atom is -0.490 e. The van der Waals surface area contributed by atoms with Crippen LogP contribution in [0.15, 0.2) is 0 Å². The van der Waals surface area contributed by atoms with Gasteiger partial charge in [0.05, 0.1) is 7.11 Å². The van der Waals surface area contributed by atoms with Crippen LogP contribution in [-0.2, 0) is 0 Å². The van der Waals surface area contributed by atoms with Crippen LogP contribution >= 0.6 is 11.5 Å². The predicted octanol–water partition coefficient (Wildman–Crippen LogP) is 2.44. The Hall–Kier alpha value is -0.970. The normalized spacial score (nSPS) is 12.9. The molecule has 86 valence electrons. The number of anilines is 2. The molecule has 0 aliphatic carbocycles. The average Bonchev–Trinajstić information content (AvgIpc) is 2.55. The molecular formula is C10H19N3OS. The third-order valence-corrected chi connectivity index (χ3v) is 3.40. The maximum absolute atomic E-state index is 5.65. The van der Waals surface area contributed by atoms with Crippen LogP contribution in [0.25, 0.3) is 0 Å². The van der Waals surface area contributed by atoms with Crippen molar-refractivity contribution in [3.05, 3.63) is 0 Å². The minimum atomic E-state index is 0.460. The molecule has 3 N–H and O–H groups in total. The zero-order valence-corrected chi connectivity index (χ0v) is 10.5. The van der Waals surface area contributed by atoms with Gasteiger partial charge >= 0.3 is 0 Å². The Balaban J connectivity index is 2.57. The molecule has 0 radical (unpaired) electrons. The summed E-state index contributed by atoms with van der Waals surface area (Å²) in [4.78, 5) is 0. The molecule has 0 spiro atoms. The van der Waals surface area contributed by atoms with Gasteiger partial charge in [0.1, 0.15) is 0 Å². The Labute approximate surface area is 95.0 Å². The number of hydrogen-bond acceptors (Lipinski definition) is 5. The molecule has 1 aromatic rings. The van der Waals surface area contributed by atoms with Crippen molar-refractivity contribution >= 4 is 22.4 Å². The van der Waals surface area contributed by atoms with Crippen LogP contribution in [0.1, 0.15) is 20.8 Å². The summed E-state index contributed by atoms with van der Waals surface area (Å²) in [5.74, 6) is 2.39. The van der Waals surface area contributed by atoms with E-state index in [1.165, 1.54) is 11.5 Å². The van der Waals surface area contributed by atoms with Gasteiger partial charge in [0.15, 0.2) is 16.6 Å². The summed E-state index contributed by atoms with van der Waals surface area (Å²) in [6.07, 6.45) is 0. The van der Waals surface area contributed by atoms with Crippen LogP contribution in [-0.4, -0.2) is 18.0 Å². The Morgan fingerprint density at radius 1 is 1.47 bits per heavy atom. The zero-order chi connectivity index (χ0) is 11.4. The van der Waals surface area contributed by atoms with E-state index in [0.717, 1.165) is 11.5 Å². The molecule has 1 rings (SSSR count). The lowest BCUT2D eigenvalue weighted by atomic mass is 9.98. The standard InChI is InChI=1S/C10H19N3OS/c1-6(2)7(3)5-12-10-8(14-4)9(11)13-15-10/h6-7,12H,5H2,1-4H3,(H2,11,13). The van der Waals surface area contributed by atoms with Gasteiger partial charge in [-0.1, -0.05) is 20.8 Å². The van der Waals surface area contributed by atoms with E-state index in [0.29, 0.717) is 23.4 Å². The molecule has 1 unspecified atom stereocenters. The minimum absolute atomic E-state index is 0.460. The first-order valence-electron chi connectivity index (χ1n) is 5.09. The SMILES string of the molecule is COc1c(N)nsc1NCC(C)C(C)C. The number of hydrogen-bond donors (Lipinski definition) is 2. The summed E-state index contributed by atoms with van der Waals surface area (Å²) in [7, 11) is 1.61. The van der Waals surface area contributed by atoms with Crippen molar-refractivity contribution < 1.29 is 4.74 Å². The van der Waals surface area contributed by atoms with Crippen LogP contribution < -0.4 is 15.8 Å². The molecule has 0 bridgehead atoms. The zero-order valence-electron chi connectivity index (χ0n) is 9.70. The molecule has 0 aliphatic heterocycles. The maximum atomic E-state index is 5.65. The second kappa shape index (κ2) is 5.21. The number of ether oxygens (including phenoxy) is 1. The summed E-state index contributed by atoms with van der Waals surface area (Å²) < 4.78 is 9.21. The molecule has 1 atom stereocenters. The molecule has 0 saturated heterocycles. The van der Waals surface area contributed by atoms with Crippen LogP contribution in [0.4, 0.5) is 10.8 Å². The quantitative estimate of drug-likeness (QED) is 0.814. The van der Waals surface area contributed by atoms with E-state index >= 15 is 0 Å². The van der Waals surface area contributed by atoms with Crippen molar-refractivity contribution in [2.24, 2.45) is 11.8 Å². The number of nitrogen functional groups attached to an aromatic ring is 1. The second-order valence-electron chi connectivity index (χ2n) is 4.03. The van der Waals surface area contributed by atoms with Gasteiger partial charge in [-0.15, -0.1) is 0 Å². The fourth-order valence-corrected chi connectivity index (χ4v) is 1.78. The van der Waals surface area contributed by atoms with Gasteiger partial charge in [-0.25, -0.2) is 0 Å². The van der Waals surface area contributed by atoms with E-state index in [4.69, 9.17) is 10.5 Å². The number of nitrogens with zero attached hydrogens (tertiary/aromatic N) is 1. The highest BCUT2D eigenvalue weighted by atomic mass is 32.1. The van der Waals surface area contributed by atoms with Gasteiger partial charge in [-0.3, -0.25) is 0 Å². The summed E-state index contributed by atoms with van der Waals surface area (Å²) in [5.41, 5.74) is 5.65. The van der Waals surface area contributed by atoms with Crippen molar-refractivity contribution in [3.63, 3.8) is 0 Å². The molecule has 4 nitrogen and oxygen atoms in total. The van der Waals surface area contributed by atoms with Crippen molar-refractivity contribution in [2.75, 3.05) is 24.7 Å². The smallest absolute Gasteiger partial charge is 0.197 e. The van der Waals surface area contributed by atoms with Crippen molar-refractivity contribution in [3.8, 4) is 5.75 Å². The molecule has 0 amide bonds. The van der Waals surface area contributed by atoms with E-state index in [2.05, 4.69) is 30.5 Å². The van der Waals surface area contributed by atoms with Gasteiger partial charge < -0.3 is 15.8 Å². The fourth-order valence-electron chi connectivity index (χ4n) is 1.09. The molecule has 1 heterocycles. The third-order valence-electron chi connectivity index (χ3n) is 2.60. The topological polar surface area (TPSA) is 60.2 Å². The molecule has 0 aromatic carbocycles. The fraction of sp³-hybridized carbons (Fsp3) is 0.700. The Bertz CT molecular complexity index is 312. The number of nitrogens with one attached hydrogen (secondary N) is 1. The van der Waals surface area contributed by atoms with Gasteiger partial charge in [0.2, 0.25) is 0 Å². The second-order valence-corrected chi connectivity index (χ2v) is 4.81. The average molecular weight is 229 g/mol. The number of methoxy groups -OCH3 is 1. The summed E-state index contributed by atoms with van der Waals surface area (Å²) in [5, 5.41) is 4.24. The summed E-state index contributed by atoms with van der Waals surface area (Å²) >= 11 is 1.34. The highest BCUT2D eigenvalue weighted by Crippen LogP contribution is 2.34. The molecular weight excluding hydrogens is 210 g/mol. The van der Waals surface area contributed by atoms with E-state index < -0.39 is 0 Å². The predicted molar refractivity (Wildman–Crippen MR) is 65.6 cm³/mol. The molecule has 0 aliphatic rings. The monoisotopic (exact) mass is 229 g/mol. The van der Waals surface area contributed by atoms with E-state index in [-0.39, 0.29) is 0 Å². The van der Waals surface area contributed by atoms with E-state index in [1.54, 1.807) is 7.11 Å². The van der Waals surface area contributed by atoms with Crippen molar-refractivity contribution in [1.82, 2.24) is 4.37 Å². The first-order chi connectivity index (χ1) is 7.06. The molecule has 0 fully saturated rings.